The minimum absolute atomic E-state index is 0.759. The van der Waals surface area contributed by atoms with Crippen LogP contribution < -0.4 is 0 Å². The number of hydrogen-bond acceptors (Lipinski definition) is 1. The summed E-state index contributed by atoms with van der Waals surface area (Å²) in [4.78, 5) is 2.66. The first-order chi connectivity index (χ1) is 6.11. The second kappa shape index (κ2) is 3.27. The zero-order chi connectivity index (χ0) is 9.59. The summed E-state index contributed by atoms with van der Waals surface area (Å²) in [6.07, 6.45) is 1.46. The fourth-order valence-corrected chi connectivity index (χ4v) is 3.27. The summed E-state index contributed by atoms with van der Waals surface area (Å²) < 4.78 is 0. The Morgan fingerprint density at radius 1 is 1.08 bits per heavy atom. The van der Waals surface area contributed by atoms with Crippen molar-refractivity contribution < 1.29 is 0 Å². The number of fused-ring (bicyclic) bond motifs is 1. The lowest BCUT2D eigenvalue weighted by molar-refractivity contribution is 0.176. The quantitative estimate of drug-likeness (QED) is 0.633. The smallest absolute Gasteiger partial charge is 0.00387 e. The molecule has 1 aliphatic heterocycles. The minimum Gasteiger partial charge on any atom is -0.301 e. The second-order valence-electron chi connectivity index (χ2n) is 5.53. The highest BCUT2D eigenvalue weighted by molar-refractivity contribution is 5.03. The molecule has 0 aromatic carbocycles. The second-order valence-corrected chi connectivity index (χ2v) is 5.53. The molecule has 76 valence electrons. The molecule has 1 heterocycles. The fraction of sp³-hybridized carbons (Fsp3) is 1.00. The molecular formula is C12H23N. The Hall–Kier alpha value is -0.0400. The maximum Gasteiger partial charge on any atom is 0.00387 e. The van der Waals surface area contributed by atoms with Crippen LogP contribution in [0.15, 0.2) is 0 Å². The van der Waals surface area contributed by atoms with E-state index < -0.39 is 0 Å². The maximum absolute atomic E-state index is 2.66. The number of hydrogen-bond donors (Lipinski definition) is 0. The Morgan fingerprint density at radius 3 is 2.31 bits per heavy atom. The van der Waals surface area contributed by atoms with Gasteiger partial charge in [-0.15, -0.1) is 0 Å². The lowest BCUT2D eigenvalue weighted by Crippen LogP contribution is -2.36. The van der Waals surface area contributed by atoms with E-state index in [4.69, 9.17) is 0 Å². The Bertz CT molecular complexity index is 180. The summed E-state index contributed by atoms with van der Waals surface area (Å²) in [5, 5.41) is 0. The molecule has 1 saturated heterocycles. The maximum atomic E-state index is 2.66. The molecule has 1 aliphatic carbocycles. The first kappa shape index (κ1) is 9.51. The van der Waals surface area contributed by atoms with Gasteiger partial charge in [-0.1, -0.05) is 13.8 Å². The van der Waals surface area contributed by atoms with Crippen molar-refractivity contribution in [1.82, 2.24) is 4.90 Å². The largest absolute Gasteiger partial charge is 0.301 e. The molecule has 2 rings (SSSR count). The molecule has 1 nitrogen and oxygen atoms in total. The molecule has 0 aromatic heterocycles. The lowest BCUT2D eigenvalue weighted by atomic mass is 10.1. The molecule has 13 heavy (non-hydrogen) atoms. The minimum atomic E-state index is 0.759. The molecular weight excluding hydrogens is 158 g/mol. The van der Waals surface area contributed by atoms with Gasteiger partial charge in [0.25, 0.3) is 0 Å². The highest BCUT2D eigenvalue weighted by Crippen LogP contribution is 2.55. The van der Waals surface area contributed by atoms with Gasteiger partial charge in [-0.25, -0.2) is 0 Å². The van der Waals surface area contributed by atoms with Gasteiger partial charge < -0.3 is 4.90 Å². The Morgan fingerprint density at radius 2 is 1.77 bits per heavy atom. The van der Waals surface area contributed by atoms with Gasteiger partial charge in [-0.2, -0.15) is 0 Å². The van der Waals surface area contributed by atoms with Gasteiger partial charge >= 0.3 is 0 Å². The van der Waals surface area contributed by atoms with Gasteiger partial charge in [0.15, 0.2) is 0 Å². The zero-order valence-electron chi connectivity index (χ0n) is 9.46. The molecule has 0 radical (unpaired) electrons. The average Bonchev–Trinajstić information content (AvgIpc) is 2.75. The normalized spacial score (nSPS) is 39.7. The van der Waals surface area contributed by atoms with Crippen LogP contribution in [-0.4, -0.2) is 24.0 Å². The predicted molar refractivity (Wildman–Crippen MR) is 56.6 cm³/mol. The van der Waals surface area contributed by atoms with E-state index in [0.29, 0.717) is 0 Å². The van der Waals surface area contributed by atoms with Crippen LogP contribution in [-0.2, 0) is 0 Å². The van der Waals surface area contributed by atoms with Crippen LogP contribution in [0, 0.1) is 23.7 Å². The summed E-state index contributed by atoms with van der Waals surface area (Å²) >= 11 is 0. The highest BCUT2D eigenvalue weighted by Gasteiger charge is 2.53. The van der Waals surface area contributed by atoms with Gasteiger partial charge in [-0.05, 0) is 50.5 Å². The van der Waals surface area contributed by atoms with Gasteiger partial charge in [0.1, 0.15) is 0 Å². The van der Waals surface area contributed by atoms with Crippen LogP contribution in [0.2, 0.25) is 0 Å². The van der Waals surface area contributed by atoms with E-state index in [1.54, 1.807) is 0 Å². The van der Waals surface area contributed by atoms with Crippen LogP contribution in [0.3, 0.4) is 0 Å². The van der Waals surface area contributed by atoms with Crippen molar-refractivity contribution in [2.75, 3.05) is 13.1 Å². The summed E-state index contributed by atoms with van der Waals surface area (Å²) in [6, 6.07) is 0.759. The fourth-order valence-electron chi connectivity index (χ4n) is 3.27. The number of likely N-dealkylation sites (tertiary alicyclic amines) is 1. The topological polar surface area (TPSA) is 3.24 Å². The zero-order valence-corrected chi connectivity index (χ0v) is 9.46. The van der Waals surface area contributed by atoms with Gasteiger partial charge in [0.2, 0.25) is 0 Å². The summed E-state index contributed by atoms with van der Waals surface area (Å²) in [7, 11) is 0. The first-order valence-electron chi connectivity index (χ1n) is 5.85. The van der Waals surface area contributed by atoms with Crippen molar-refractivity contribution in [1.29, 1.82) is 0 Å². The van der Waals surface area contributed by atoms with Crippen molar-refractivity contribution in [2.45, 2.75) is 40.2 Å². The van der Waals surface area contributed by atoms with Gasteiger partial charge in [0.05, 0.1) is 0 Å². The number of nitrogens with zero attached hydrogens (tertiary/aromatic N) is 1. The van der Waals surface area contributed by atoms with Crippen molar-refractivity contribution >= 4 is 0 Å². The molecule has 1 unspecified atom stereocenters. The molecule has 1 saturated carbocycles. The van der Waals surface area contributed by atoms with Crippen LogP contribution in [0.25, 0.3) is 0 Å². The van der Waals surface area contributed by atoms with E-state index in [-0.39, 0.29) is 0 Å². The Balaban J connectivity index is 1.90. The molecule has 0 bridgehead atoms. The molecule has 0 N–H and O–H groups in total. The SMILES string of the molecule is CC(C)C1[C@H]2CCN(C(C)C)C[C@@H]12. The number of piperidine rings is 1. The Labute approximate surface area is 82.5 Å². The molecule has 2 aliphatic rings. The monoisotopic (exact) mass is 181 g/mol. The summed E-state index contributed by atoms with van der Waals surface area (Å²) in [6.45, 7) is 12.2. The first-order valence-corrected chi connectivity index (χ1v) is 5.85. The van der Waals surface area contributed by atoms with Crippen LogP contribution in [0.4, 0.5) is 0 Å². The standard InChI is InChI=1S/C12H23N/c1-8(2)12-10-5-6-13(9(3)4)7-11(10)12/h8-12H,5-7H2,1-4H3/t10-,11+,12?/m0/s1. The van der Waals surface area contributed by atoms with Crippen molar-refractivity contribution in [2.24, 2.45) is 23.7 Å². The van der Waals surface area contributed by atoms with Gasteiger partial charge in [-0.3, -0.25) is 0 Å². The van der Waals surface area contributed by atoms with E-state index in [0.717, 1.165) is 29.7 Å². The molecule has 0 amide bonds. The average molecular weight is 181 g/mol. The van der Waals surface area contributed by atoms with E-state index in [2.05, 4.69) is 32.6 Å². The molecule has 0 spiro atoms. The third-order valence-electron chi connectivity index (χ3n) is 4.09. The lowest BCUT2D eigenvalue weighted by Gasteiger charge is -2.29. The van der Waals surface area contributed by atoms with E-state index in [9.17, 15) is 0 Å². The highest BCUT2D eigenvalue weighted by atomic mass is 15.2. The summed E-state index contributed by atoms with van der Waals surface area (Å²) in [5.41, 5.74) is 0. The third-order valence-corrected chi connectivity index (χ3v) is 4.09. The van der Waals surface area contributed by atoms with Crippen molar-refractivity contribution in [3.8, 4) is 0 Å². The summed E-state index contributed by atoms with van der Waals surface area (Å²) in [5.74, 6) is 4.12. The third kappa shape index (κ3) is 1.63. The molecule has 3 atom stereocenters. The molecule has 0 aromatic rings. The predicted octanol–water partition coefficient (Wildman–Crippen LogP) is 2.62. The van der Waals surface area contributed by atoms with E-state index >= 15 is 0 Å². The van der Waals surface area contributed by atoms with E-state index in [1.165, 1.54) is 19.5 Å². The molecule has 2 fully saturated rings. The number of rotatable bonds is 2. The molecule has 1 heteroatoms. The van der Waals surface area contributed by atoms with Gasteiger partial charge in [0, 0.05) is 12.6 Å². The van der Waals surface area contributed by atoms with Crippen molar-refractivity contribution in [3.05, 3.63) is 0 Å². The Kier molecular flexibility index (Phi) is 2.39. The van der Waals surface area contributed by atoms with Crippen LogP contribution in [0.1, 0.15) is 34.1 Å². The van der Waals surface area contributed by atoms with Crippen LogP contribution in [0.5, 0.6) is 0 Å². The van der Waals surface area contributed by atoms with E-state index in [1.807, 2.05) is 0 Å². The van der Waals surface area contributed by atoms with Crippen molar-refractivity contribution in [3.63, 3.8) is 0 Å². The van der Waals surface area contributed by atoms with Crippen LogP contribution >= 0.6 is 0 Å².